The first-order chi connectivity index (χ1) is 10.9. The van der Waals surface area contributed by atoms with Gasteiger partial charge in [0.15, 0.2) is 0 Å². The number of nitrogens with zero attached hydrogens (tertiary/aromatic N) is 1. The maximum absolute atomic E-state index is 12.8. The van der Waals surface area contributed by atoms with Crippen LogP contribution in [0, 0.1) is 5.92 Å². The third-order valence-corrected chi connectivity index (χ3v) is 7.10. The van der Waals surface area contributed by atoms with Gasteiger partial charge in [0.2, 0.25) is 5.91 Å². The van der Waals surface area contributed by atoms with Gasteiger partial charge in [-0.15, -0.1) is 0 Å². The smallest absolute Gasteiger partial charge is 0.225 e. The maximum Gasteiger partial charge on any atom is 0.225 e. The van der Waals surface area contributed by atoms with Gasteiger partial charge in [-0.3, -0.25) is 4.79 Å². The number of rotatable bonds is 2. The van der Waals surface area contributed by atoms with Gasteiger partial charge in [0.05, 0.1) is 11.5 Å². The lowest BCUT2D eigenvalue weighted by atomic mass is 9.75. The van der Waals surface area contributed by atoms with E-state index in [2.05, 4.69) is 19.1 Å². The summed E-state index contributed by atoms with van der Waals surface area (Å²) in [5.41, 5.74) is 1.28. The van der Waals surface area contributed by atoms with Gasteiger partial charge in [-0.25, -0.2) is 8.42 Å². The summed E-state index contributed by atoms with van der Waals surface area (Å²) >= 11 is 0. The molecule has 0 aromatic heterocycles. The Morgan fingerprint density at radius 3 is 2.48 bits per heavy atom. The molecule has 0 bridgehead atoms. The second-order valence-corrected chi connectivity index (χ2v) is 9.52. The van der Waals surface area contributed by atoms with Crippen LogP contribution in [0.3, 0.4) is 0 Å². The topological polar surface area (TPSA) is 54.5 Å². The lowest BCUT2D eigenvalue weighted by Crippen LogP contribution is -2.49. The van der Waals surface area contributed by atoms with Gasteiger partial charge in [-0.2, -0.15) is 0 Å². The molecule has 0 spiro atoms. The van der Waals surface area contributed by atoms with Crippen molar-refractivity contribution >= 4 is 15.7 Å². The van der Waals surface area contributed by atoms with Gasteiger partial charge < -0.3 is 4.90 Å². The molecule has 2 fully saturated rings. The zero-order valence-corrected chi connectivity index (χ0v) is 14.5. The van der Waals surface area contributed by atoms with Crippen molar-refractivity contribution in [2.24, 2.45) is 5.92 Å². The van der Waals surface area contributed by atoms with Crippen LogP contribution < -0.4 is 0 Å². The minimum atomic E-state index is -2.92. The average molecular weight is 335 g/mol. The van der Waals surface area contributed by atoms with Crippen LogP contribution in [0.15, 0.2) is 30.3 Å². The van der Waals surface area contributed by atoms with E-state index in [4.69, 9.17) is 0 Å². The van der Waals surface area contributed by atoms with Crippen LogP contribution in [-0.4, -0.2) is 43.8 Å². The number of carbonyl (C=O) groups is 1. The van der Waals surface area contributed by atoms with Crippen molar-refractivity contribution in [2.45, 2.75) is 38.0 Å². The summed E-state index contributed by atoms with van der Waals surface area (Å²) in [5, 5.41) is 0. The van der Waals surface area contributed by atoms with Gasteiger partial charge in [-0.1, -0.05) is 37.3 Å². The van der Waals surface area contributed by atoms with Crippen LogP contribution >= 0.6 is 0 Å². The molecule has 2 heterocycles. The van der Waals surface area contributed by atoms with E-state index in [1.54, 1.807) is 0 Å². The van der Waals surface area contributed by atoms with Crippen LogP contribution in [0.5, 0.6) is 0 Å². The normalized spacial score (nSPS) is 28.5. The fraction of sp³-hybridized carbons (Fsp3) is 0.611. The van der Waals surface area contributed by atoms with E-state index in [9.17, 15) is 13.2 Å². The zero-order chi connectivity index (χ0) is 16.5. The predicted octanol–water partition coefficient (Wildman–Crippen LogP) is 2.39. The molecular weight excluding hydrogens is 310 g/mol. The first-order valence-electron chi connectivity index (χ1n) is 8.44. The van der Waals surface area contributed by atoms with Crippen LogP contribution in [-0.2, 0) is 20.0 Å². The van der Waals surface area contributed by atoms with Crippen LogP contribution in [0.25, 0.3) is 0 Å². The summed E-state index contributed by atoms with van der Waals surface area (Å²) in [6.45, 7) is 3.76. The highest BCUT2D eigenvalue weighted by atomic mass is 32.2. The number of carbonyl (C=O) groups excluding carboxylic acids is 1. The van der Waals surface area contributed by atoms with Crippen molar-refractivity contribution in [2.75, 3.05) is 24.6 Å². The fourth-order valence-corrected chi connectivity index (χ4v) is 5.39. The Balaban J connectivity index is 1.70. The van der Waals surface area contributed by atoms with E-state index in [0.717, 1.165) is 25.9 Å². The molecule has 0 radical (unpaired) electrons. The third-order valence-electron chi connectivity index (χ3n) is 5.38. The average Bonchev–Trinajstić information content (AvgIpc) is 2.55. The number of likely N-dealkylation sites (tertiary alicyclic amines) is 1. The van der Waals surface area contributed by atoms with Crippen LogP contribution in [0.2, 0.25) is 0 Å². The summed E-state index contributed by atoms with van der Waals surface area (Å²) in [4.78, 5) is 14.8. The highest BCUT2D eigenvalue weighted by Crippen LogP contribution is 2.34. The molecule has 4 nitrogen and oxygen atoms in total. The van der Waals surface area contributed by atoms with Gasteiger partial charge in [0, 0.05) is 24.4 Å². The molecule has 1 amide bonds. The molecule has 126 valence electrons. The van der Waals surface area contributed by atoms with E-state index in [1.807, 2.05) is 23.1 Å². The monoisotopic (exact) mass is 335 g/mol. The SMILES string of the molecule is C[C@@]1(c2ccccc2)CCCN(C(=O)C2CCS(=O)(=O)CC2)C1. The number of benzene rings is 1. The number of hydrogen-bond donors (Lipinski definition) is 0. The molecule has 0 aliphatic carbocycles. The Morgan fingerprint density at radius 2 is 1.83 bits per heavy atom. The number of hydrogen-bond acceptors (Lipinski definition) is 3. The molecule has 3 rings (SSSR count). The van der Waals surface area contributed by atoms with E-state index in [1.165, 1.54) is 5.56 Å². The van der Waals surface area contributed by atoms with Crippen LogP contribution in [0.1, 0.15) is 38.2 Å². The lowest BCUT2D eigenvalue weighted by Gasteiger charge is -2.42. The van der Waals surface area contributed by atoms with E-state index in [-0.39, 0.29) is 28.7 Å². The van der Waals surface area contributed by atoms with Crippen molar-refractivity contribution in [1.82, 2.24) is 4.90 Å². The quantitative estimate of drug-likeness (QED) is 0.834. The van der Waals surface area contributed by atoms with Crippen molar-refractivity contribution in [3.63, 3.8) is 0 Å². The molecule has 1 atom stereocenters. The minimum absolute atomic E-state index is 0.00405. The molecule has 0 unspecified atom stereocenters. The van der Waals surface area contributed by atoms with E-state index in [0.29, 0.717) is 12.8 Å². The van der Waals surface area contributed by atoms with Gasteiger partial charge in [0.25, 0.3) is 0 Å². The van der Waals surface area contributed by atoms with Gasteiger partial charge in [0.1, 0.15) is 9.84 Å². The summed E-state index contributed by atoms with van der Waals surface area (Å²) < 4.78 is 23.1. The second kappa shape index (κ2) is 6.27. The fourth-order valence-electron chi connectivity index (χ4n) is 3.90. The Bertz CT molecular complexity index is 657. The molecule has 1 aromatic carbocycles. The summed E-state index contributed by atoms with van der Waals surface area (Å²) in [7, 11) is -2.92. The van der Waals surface area contributed by atoms with Crippen molar-refractivity contribution in [3.05, 3.63) is 35.9 Å². The molecule has 5 heteroatoms. The van der Waals surface area contributed by atoms with E-state index >= 15 is 0 Å². The molecule has 2 aliphatic heterocycles. The summed E-state index contributed by atoms with van der Waals surface area (Å²) in [5.74, 6) is 0.360. The number of piperidine rings is 1. The van der Waals surface area contributed by atoms with Gasteiger partial charge in [-0.05, 0) is 31.2 Å². The standard InChI is InChI=1S/C18H25NO3S/c1-18(16-6-3-2-4-7-16)10-5-11-19(14-18)17(20)15-8-12-23(21,22)13-9-15/h2-4,6-7,15H,5,8-14H2,1H3/t18-/m1/s1. The largest absolute Gasteiger partial charge is 0.342 e. The van der Waals surface area contributed by atoms with Crippen molar-refractivity contribution < 1.29 is 13.2 Å². The van der Waals surface area contributed by atoms with Crippen molar-refractivity contribution in [1.29, 1.82) is 0 Å². The Kier molecular flexibility index (Phi) is 4.50. The van der Waals surface area contributed by atoms with E-state index < -0.39 is 9.84 Å². The minimum Gasteiger partial charge on any atom is -0.342 e. The molecule has 23 heavy (non-hydrogen) atoms. The molecule has 2 aliphatic rings. The third kappa shape index (κ3) is 3.60. The number of amides is 1. The Hall–Kier alpha value is -1.36. The maximum atomic E-state index is 12.8. The summed E-state index contributed by atoms with van der Waals surface area (Å²) in [6.07, 6.45) is 3.06. The zero-order valence-electron chi connectivity index (χ0n) is 13.7. The summed E-state index contributed by atoms with van der Waals surface area (Å²) in [6, 6.07) is 10.4. The number of sulfone groups is 1. The molecular formula is C18H25NO3S. The highest BCUT2D eigenvalue weighted by molar-refractivity contribution is 7.91. The van der Waals surface area contributed by atoms with Gasteiger partial charge >= 0.3 is 0 Å². The Morgan fingerprint density at radius 1 is 1.17 bits per heavy atom. The molecule has 0 N–H and O–H groups in total. The lowest BCUT2D eigenvalue weighted by molar-refractivity contribution is -0.138. The van der Waals surface area contributed by atoms with Crippen molar-refractivity contribution in [3.8, 4) is 0 Å². The van der Waals surface area contributed by atoms with Crippen LogP contribution in [0.4, 0.5) is 0 Å². The molecule has 2 saturated heterocycles. The predicted molar refractivity (Wildman–Crippen MR) is 91.0 cm³/mol. The second-order valence-electron chi connectivity index (χ2n) is 7.22. The molecule has 0 saturated carbocycles. The first kappa shape index (κ1) is 16.5. The molecule has 1 aromatic rings. The highest BCUT2D eigenvalue weighted by Gasteiger charge is 2.38. The Labute approximate surface area is 138 Å². The first-order valence-corrected chi connectivity index (χ1v) is 10.3.